The lowest BCUT2D eigenvalue weighted by Gasteiger charge is -2.23. The maximum atomic E-state index is 12.1. The lowest BCUT2D eigenvalue weighted by Crippen LogP contribution is -2.27. The van der Waals surface area contributed by atoms with Gasteiger partial charge in [0.2, 0.25) is 11.7 Å². The van der Waals surface area contributed by atoms with Crippen molar-refractivity contribution in [3.8, 4) is 34.1 Å². The Bertz CT molecular complexity index is 1050. The summed E-state index contributed by atoms with van der Waals surface area (Å²) in [5.41, 5.74) is 3.24. The van der Waals surface area contributed by atoms with E-state index < -0.39 is 6.04 Å². The average Bonchev–Trinajstić information content (AvgIpc) is 2.93. The molecule has 0 aromatic heterocycles. The highest BCUT2D eigenvalue weighted by atomic mass is 16.5. The molecule has 164 valence electrons. The quantitative estimate of drug-likeness (QED) is 0.678. The maximum Gasteiger partial charge on any atom is 0.217 e. The van der Waals surface area contributed by atoms with Gasteiger partial charge in [0.05, 0.1) is 45.6 Å². The number of methoxy groups -OCH3 is 4. The van der Waals surface area contributed by atoms with Crippen LogP contribution in [0, 0.1) is 0 Å². The summed E-state index contributed by atoms with van der Waals surface area (Å²) in [7, 11) is 5.89. The minimum Gasteiger partial charge on any atom is -0.496 e. The Labute approximate surface area is 180 Å². The highest BCUT2D eigenvalue weighted by Crippen LogP contribution is 2.53. The second-order valence-corrected chi connectivity index (χ2v) is 7.04. The highest BCUT2D eigenvalue weighted by Gasteiger charge is 2.34. The molecule has 0 spiro atoms. The van der Waals surface area contributed by atoms with Crippen molar-refractivity contribution in [3.05, 3.63) is 34.4 Å². The molecule has 3 rings (SSSR count). The molecule has 8 nitrogen and oxygen atoms in total. The molecule has 8 heteroatoms. The van der Waals surface area contributed by atoms with Crippen molar-refractivity contribution in [1.29, 1.82) is 0 Å². The summed E-state index contributed by atoms with van der Waals surface area (Å²) in [4.78, 5) is 36.2. The van der Waals surface area contributed by atoms with Gasteiger partial charge in [-0.15, -0.1) is 0 Å². The lowest BCUT2D eigenvalue weighted by atomic mass is 9.88. The standard InChI is InChI=1S/C23H25NO7/c1-12(27)24-17-8-6-13-15(10-25)21(29-3)23(31-5)22(30-4)20(13)14-7-9-18(28-2)16(11-26)19(14)17/h7,9-11,17H,6,8H2,1-5H3,(H,24,27). The first-order valence-electron chi connectivity index (χ1n) is 9.70. The van der Waals surface area contributed by atoms with Crippen LogP contribution in [0.4, 0.5) is 0 Å². The van der Waals surface area contributed by atoms with Crippen molar-refractivity contribution < 1.29 is 33.3 Å². The molecule has 0 aliphatic heterocycles. The third-order valence-electron chi connectivity index (χ3n) is 5.50. The van der Waals surface area contributed by atoms with Gasteiger partial charge in [-0.1, -0.05) is 6.07 Å². The van der Waals surface area contributed by atoms with E-state index in [1.807, 2.05) is 0 Å². The van der Waals surface area contributed by atoms with E-state index in [-0.39, 0.29) is 17.4 Å². The van der Waals surface area contributed by atoms with Crippen LogP contribution in [0.2, 0.25) is 0 Å². The summed E-state index contributed by atoms with van der Waals surface area (Å²) in [6, 6.07) is 3.00. The molecule has 1 aliphatic rings. The molecular weight excluding hydrogens is 402 g/mol. The van der Waals surface area contributed by atoms with Gasteiger partial charge in [0.15, 0.2) is 24.1 Å². The van der Waals surface area contributed by atoms with E-state index in [4.69, 9.17) is 18.9 Å². The molecule has 1 amide bonds. The molecule has 1 unspecified atom stereocenters. The van der Waals surface area contributed by atoms with E-state index in [0.717, 1.165) is 6.29 Å². The molecule has 0 fully saturated rings. The summed E-state index contributed by atoms with van der Waals surface area (Å²) in [5, 5.41) is 2.93. The number of ether oxygens (including phenoxy) is 4. The van der Waals surface area contributed by atoms with Crippen molar-refractivity contribution in [3.63, 3.8) is 0 Å². The maximum absolute atomic E-state index is 12.1. The zero-order chi connectivity index (χ0) is 22.7. The lowest BCUT2D eigenvalue weighted by molar-refractivity contribution is -0.119. The largest absolute Gasteiger partial charge is 0.496 e. The number of rotatable bonds is 7. The molecule has 0 radical (unpaired) electrons. The zero-order valence-electron chi connectivity index (χ0n) is 18.2. The average molecular weight is 427 g/mol. The van der Waals surface area contributed by atoms with Gasteiger partial charge in [0.25, 0.3) is 0 Å². The van der Waals surface area contributed by atoms with Crippen LogP contribution >= 0.6 is 0 Å². The van der Waals surface area contributed by atoms with Gasteiger partial charge in [0.1, 0.15) is 5.75 Å². The van der Waals surface area contributed by atoms with Crippen LogP contribution in [0.15, 0.2) is 12.1 Å². The Morgan fingerprint density at radius 2 is 1.58 bits per heavy atom. The number of nitrogens with one attached hydrogen (secondary N) is 1. The fourth-order valence-corrected chi connectivity index (χ4v) is 4.33. The summed E-state index contributed by atoms with van der Waals surface area (Å²) in [6.07, 6.45) is 2.32. The van der Waals surface area contributed by atoms with Crippen molar-refractivity contribution in [2.24, 2.45) is 0 Å². The smallest absolute Gasteiger partial charge is 0.217 e. The van der Waals surface area contributed by atoms with Crippen LogP contribution in [0.25, 0.3) is 11.1 Å². The van der Waals surface area contributed by atoms with Gasteiger partial charge in [-0.05, 0) is 35.6 Å². The number of hydrogen-bond acceptors (Lipinski definition) is 7. The first-order chi connectivity index (χ1) is 15.0. The number of hydrogen-bond donors (Lipinski definition) is 1. The van der Waals surface area contributed by atoms with Gasteiger partial charge in [0, 0.05) is 12.5 Å². The topological polar surface area (TPSA) is 100 Å². The minimum absolute atomic E-state index is 0.237. The number of benzene rings is 2. The number of amides is 1. The molecular formula is C23H25NO7. The van der Waals surface area contributed by atoms with Crippen LogP contribution in [-0.4, -0.2) is 46.9 Å². The number of fused-ring (bicyclic) bond motifs is 3. The number of aldehydes is 2. The molecule has 0 bridgehead atoms. The van der Waals surface area contributed by atoms with Crippen molar-refractivity contribution in [2.45, 2.75) is 25.8 Å². The monoisotopic (exact) mass is 427 g/mol. The van der Waals surface area contributed by atoms with Crippen LogP contribution in [0.5, 0.6) is 23.0 Å². The van der Waals surface area contributed by atoms with E-state index in [1.165, 1.54) is 35.4 Å². The molecule has 0 saturated carbocycles. The Morgan fingerprint density at radius 3 is 2.10 bits per heavy atom. The van der Waals surface area contributed by atoms with E-state index in [2.05, 4.69) is 5.32 Å². The summed E-state index contributed by atoms with van der Waals surface area (Å²) in [5.74, 6) is 1.09. The predicted molar refractivity (Wildman–Crippen MR) is 114 cm³/mol. The number of carbonyl (C=O) groups excluding carboxylic acids is 3. The first-order valence-corrected chi connectivity index (χ1v) is 9.70. The Hall–Kier alpha value is -3.55. The molecule has 1 N–H and O–H groups in total. The van der Waals surface area contributed by atoms with E-state index >= 15 is 0 Å². The minimum atomic E-state index is -0.476. The Kier molecular flexibility index (Phi) is 6.48. The molecule has 0 saturated heterocycles. The molecule has 31 heavy (non-hydrogen) atoms. The van der Waals surface area contributed by atoms with Gasteiger partial charge >= 0.3 is 0 Å². The summed E-state index contributed by atoms with van der Waals surface area (Å²) in [6.45, 7) is 1.42. The molecule has 2 aromatic carbocycles. The predicted octanol–water partition coefficient (Wildman–Crippen LogP) is 3.14. The van der Waals surface area contributed by atoms with Crippen LogP contribution in [-0.2, 0) is 11.2 Å². The normalized spacial score (nSPS) is 14.4. The summed E-state index contributed by atoms with van der Waals surface area (Å²) < 4.78 is 22.1. The van der Waals surface area contributed by atoms with Gasteiger partial charge in [-0.25, -0.2) is 0 Å². The summed E-state index contributed by atoms with van der Waals surface area (Å²) >= 11 is 0. The fraction of sp³-hybridized carbons (Fsp3) is 0.348. The van der Waals surface area contributed by atoms with Crippen molar-refractivity contribution >= 4 is 18.5 Å². The van der Waals surface area contributed by atoms with Crippen LogP contribution in [0.1, 0.15) is 51.2 Å². The van der Waals surface area contributed by atoms with Crippen molar-refractivity contribution in [1.82, 2.24) is 5.32 Å². The molecule has 2 aromatic rings. The van der Waals surface area contributed by atoms with E-state index in [1.54, 1.807) is 12.1 Å². The van der Waals surface area contributed by atoms with Gasteiger partial charge in [-0.2, -0.15) is 0 Å². The van der Waals surface area contributed by atoms with Crippen LogP contribution < -0.4 is 24.3 Å². The Morgan fingerprint density at radius 1 is 0.935 bits per heavy atom. The first kappa shape index (κ1) is 22.1. The fourth-order valence-electron chi connectivity index (χ4n) is 4.33. The zero-order valence-corrected chi connectivity index (χ0v) is 18.2. The second-order valence-electron chi connectivity index (χ2n) is 7.04. The second kappa shape index (κ2) is 9.07. The molecule has 0 heterocycles. The third kappa shape index (κ3) is 3.58. The van der Waals surface area contributed by atoms with Crippen LogP contribution in [0.3, 0.4) is 0 Å². The molecule has 1 aliphatic carbocycles. The Balaban J connectivity index is 2.51. The van der Waals surface area contributed by atoms with E-state index in [0.29, 0.717) is 64.0 Å². The van der Waals surface area contributed by atoms with Gasteiger partial charge < -0.3 is 24.3 Å². The highest BCUT2D eigenvalue weighted by molar-refractivity contribution is 5.96. The molecule has 1 atom stereocenters. The SMILES string of the molecule is COc1ccc2c(c1C=O)C(NC(C)=O)CCc1c(C=O)c(OC)c(OC)c(OC)c1-2. The van der Waals surface area contributed by atoms with Crippen molar-refractivity contribution in [2.75, 3.05) is 28.4 Å². The number of carbonyl (C=O) groups is 3. The third-order valence-corrected chi connectivity index (χ3v) is 5.50. The van der Waals surface area contributed by atoms with E-state index in [9.17, 15) is 14.4 Å². The van der Waals surface area contributed by atoms with Gasteiger partial charge in [-0.3, -0.25) is 14.4 Å².